The van der Waals surface area contributed by atoms with Crippen LogP contribution in [0.5, 0.6) is 0 Å². The van der Waals surface area contributed by atoms with Crippen molar-refractivity contribution in [1.29, 1.82) is 0 Å². The summed E-state index contributed by atoms with van der Waals surface area (Å²) in [5.41, 5.74) is 0. The first kappa shape index (κ1) is 14.0. The second-order valence-corrected chi connectivity index (χ2v) is 7.07. The second-order valence-electron chi connectivity index (χ2n) is 3.57. The molecule has 0 spiro atoms. The minimum absolute atomic E-state index is 0.0868. The highest BCUT2D eigenvalue weighted by molar-refractivity contribution is 8.01. The van der Waals surface area contributed by atoms with Crippen LogP contribution in [0.25, 0.3) is 0 Å². The van der Waals surface area contributed by atoms with Crippen LogP contribution in [0.15, 0.2) is 12.1 Å². The van der Waals surface area contributed by atoms with E-state index in [-0.39, 0.29) is 17.6 Å². The smallest absolute Gasteiger partial charge is 0.185 e. The van der Waals surface area contributed by atoms with Crippen LogP contribution in [-0.4, -0.2) is 28.0 Å². The van der Waals surface area contributed by atoms with E-state index in [0.717, 1.165) is 0 Å². The highest BCUT2D eigenvalue weighted by Crippen LogP contribution is 2.27. The van der Waals surface area contributed by atoms with Crippen LogP contribution < -0.4 is 0 Å². The third-order valence-electron chi connectivity index (χ3n) is 2.16. The predicted molar refractivity (Wildman–Crippen MR) is 71.9 cm³/mol. The Hall–Kier alpha value is -0.0300. The molecule has 0 saturated carbocycles. The van der Waals surface area contributed by atoms with Crippen molar-refractivity contribution in [2.24, 2.45) is 0 Å². The largest absolute Gasteiger partial charge is 0.396 e. The Morgan fingerprint density at radius 2 is 2.25 bits per heavy atom. The van der Waals surface area contributed by atoms with Crippen LogP contribution >= 0.6 is 34.7 Å². The Balaban J connectivity index is 2.54. The summed E-state index contributed by atoms with van der Waals surface area (Å²) >= 11 is 8.70. The van der Waals surface area contributed by atoms with Crippen molar-refractivity contribution in [3.05, 3.63) is 21.3 Å². The SMILES string of the molecule is CC(CCO)SC(C)C(=O)c1ccc(Cl)s1. The molecule has 0 amide bonds. The molecule has 0 aliphatic heterocycles. The quantitative estimate of drug-likeness (QED) is 0.810. The van der Waals surface area contributed by atoms with Crippen molar-refractivity contribution >= 4 is 40.5 Å². The minimum atomic E-state index is -0.0868. The summed E-state index contributed by atoms with van der Waals surface area (Å²) in [4.78, 5) is 12.7. The van der Waals surface area contributed by atoms with Gasteiger partial charge in [0.1, 0.15) is 0 Å². The van der Waals surface area contributed by atoms with Gasteiger partial charge in [0.05, 0.1) is 14.5 Å². The molecule has 90 valence electrons. The minimum Gasteiger partial charge on any atom is -0.396 e. The number of carbonyl (C=O) groups is 1. The summed E-state index contributed by atoms with van der Waals surface area (Å²) in [6.45, 7) is 4.08. The van der Waals surface area contributed by atoms with E-state index < -0.39 is 0 Å². The summed E-state index contributed by atoms with van der Waals surface area (Å²) in [6, 6.07) is 3.51. The van der Waals surface area contributed by atoms with Crippen LogP contribution in [0, 0.1) is 0 Å². The third-order valence-corrected chi connectivity index (χ3v) is 4.73. The summed E-state index contributed by atoms with van der Waals surface area (Å²) in [5.74, 6) is 0.117. The van der Waals surface area contributed by atoms with Gasteiger partial charge in [-0.2, -0.15) is 0 Å². The maximum Gasteiger partial charge on any atom is 0.185 e. The van der Waals surface area contributed by atoms with E-state index in [1.54, 1.807) is 23.9 Å². The van der Waals surface area contributed by atoms with Gasteiger partial charge in [-0.1, -0.05) is 18.5 Å². The molecule has 1 aromatic rings. The molecule has 0 bridgehead atoms. The fraction of sp³-hybridized carbons (Fsp3) is 0.545. The lowest BCUT2D eigenvalue weighted by molar-refractivity contribution is 0.0997. The van der Waals surface area contributed by atoms with Gasteiger partial charge in [-0.05, 0) is 25.5 Å². The van der Waals surface area contributed by atoms with Gasteiger partial charge >= 0.3 is 0 Å². The number of carbonyl (C=O) groups excluding carboxylic acids is 1. The van der Waals surface area contributed by atoms with Crippen LogP contribution in [0.1, 0.15) is 29.9 Å². The number of thiophene rings is 1. The Morgan fingerprint density at radius 3 is 2.75 bits per heavy atom. The van der Waals surface area contributed by atoms with Gasteiger partial charge in [0.25, 0.3) is 0 Å². The van der Waals surface area contributed by atoms with Gasteiger partial charge in [0, 0.05) is 11.9 Å². The molecule has 1 rings (SSSR count). The molecule has 2 nitrogen and oxygen atoms in total. The highest BCUT2D eigenvalue weighted by atomic mass is 35.5. The van der Waals surface area contributed by atoms with E-state index in [4.69, 9.17) is 16.7 Å². The maximum absolute atomic E-state index is 12.0. The number of hydrogen-bond acceptors (Lipinski definition) is 4. The molecule has 0 aliphatic carbocycles. The summed E-state index contributed by atoms with van der Waals surface area (Å²) in [5, 5.41) is 9.00. The number of thioether (sulfide) groups is 1. The molecule has 0 radical (unpaired) electrons. The highest BCUT2D eigenvalue weighted by Gasteiger charge is 2.19. The molecular weight excluding hydrogens is 264 g/mol. The van der Waals surface area contributed by atoms with Crippen molar-refractivity contribution in [3.8, 4) is 0 Å². The van der Waals surface area contributed by atoms with E-state index in [9.17, 15) is 4.79 Å². The first-order valence-corrected chi connectivity index (χ1v) is 7.24. The van der Waals surface area contributed by atoms with Gasteiger partial charge in [-0.3, -0.25) is 4.79 Å². The standard InChI is InChI=1S/C11H15ClO2S2/c1-7(5-6-13)15-8(2)11(14)9-3-4-10(12)16-9/h3-4,7-8,13H,5-6H2,1-2H3. The molecule has 1 aromatic heterocycles. The molecule has 2 unspecified atom stereocenters. The first-order chi connectivity index (χ1) is 7.54. The molecular formula is C11H15ClO2S2. The number of Topliss-reactive ketones (excluding diaryl/α,β-unsaturated/α-hetero) is 1. The van der Waals surface area contributed by atoms with Gasteiger partial charge in [0.2, 0.25) is 0 Å². The topological polar surface area (TPSA) is 37.3 Å². The molecule has 1 heterocycles. The lowest BCUT2D eigenvalue weighted by Crippen LogP contribution is -2.16. The number of hydrogen-bond donors (Lipinski definition) is 1. The average molecular weight is 279 g/mol. The van der Waals surface area contributed by atoms with E-state index in [0.29, 0.717) is 20.9 Å². The molecule has 5 heteroatoms. The molecule has 2 atom stereocenters. The van der Waals surface area contributed by atoms with Gasteiger partial charge in [-0.25, -0.2) is 0 Å². The van der Waals surface area contributed by atoms with Crippen LogP contribution in [0.2, 0.25) is 4.34 Å². The van der Waals surface area contributed by atoms with Crippen molar-refractivity contribution in [3.63, 3.8) is 0 Å². The monoisotopic (exact) mass is 278 g/mol. The van der Waals surface area contributed by atoms with Gasteiger partial charge in [-0.15, -0.1) is 23.1 Å². The maximum atomic E-state index is 12.0. The Kier molecular flexibility index (Phi) is 5.83. The lowest BCUT2D eigenvalue weighted by Gasteiger charge is -2.14. The van der Waals surface area contributed by atoms with E-state index >= 15 is 0 Å². The van der Waals surface area contributed by atoms with Crippen molar-refractivity contribution in [1.82, 2.24) is 0 Å². The summed E-state index contributed by atoms with van der Waals surface area (Å²) in [7, 11) is 0. The van der Waals surface area contributed by atoms with Gasteiger partial charge in [0.15, 0.2) is 5.78 Å². The zero-order chi connectivity index (χ0) is 12.1. The van der Waals surface area contributed by atoms with E-state index in [2.05, 4.69) is 0 Å². The number of rotatable bonds is 6. The fourth-order valence-corrected chi connectivity index (χ4v) is 3.64. The molecule has 0 fully saturated rings. The fourth-order valence-electron chi connectivity index (χ4n) is 1.31. The van der Waals surface area contributed by atoms with Crippen molar-refractivity contribution < 1.29 is 9.90 Å². The molecule has 1 N–H and O–H groups in total. The number of halogens is 1. The summed E-state index contributed by atoms with van der Waals surface area (Å²) in [6.07, 6.45) is 0.716. The molecule has 0 aromatic carbocycles. The number of aliphatic hydroxyl groups excluding tert-OH is 1. The van der Waals surface area contributed by atoms with Crippen LogP contribution in [0.3, 0.4) is 0 Å². The molecule has 0 aliphatic rings. The summed E-state index contributed by atoms with van der Waals surface area (Å²) < 4.78 is 0.643. The van der Waals surface area contributed by atoms with E-state index in [1.807, 2.05) is 13.8 Å². The Bertz CT molecular complexity index is 352. The zero-order valence-electron chi connectivity index (χ0n) is 9.27. The number of ketones is 1. The lowest BCUT2D eigenvalue weighted by atomic mass is 10.2. The molecule has 16 heavy (non-hydrogen) atoms. The second kappa shape index (κ2) is 6.64. The van der Waals surface area contributed by atoms with Crippen molar-refractivity contribution in [2.75, 3.05) is 6.61 Å². The Labute approximate surface area is 109 Å². The normalized spacial score (nSPS) is 14.8. The zero-order valence-corrected chi connectivity index (χ0v) is 11.7. The average Bonchev–Trinajstić information content (AvgIpc) is 2.64. The van der Waals surface area contributed by atoms with E-state index in [1.165, 1.54) is 11.3 Å². The van der Waals surface area contributed by atoms with Crippen molar-refractivity contribution in [2.45, 2.75) is 30.8 Å². The first-order valence-electron chi connectivity index (χ1n) is 5.10. The Morgan fingerprint density at radius 1 is 1.56 bits per heavy atom. The van der Waals surface area contributed by atoms with Gasteiger partial charge < -0.3 is 5.11 Å². The predicted octanol–water partition coefficient (Wildman–Crippen LogP) is 3.48. The van der Waals surface area contributed by atoms with Crippen LogP contribution in [0.4, 0.5) is 0 Å². The number of aliphatic hydroxyl groups is 1. The third kappa shape index (κ3) is 4.09. The molecule has 0 saturated heterocycles. The van der Waals surface area contributed by atoms with Crippen LogP contribution in [-0.2, 0) is 0 Å².